The van der Waals surface area contributed by atoms with Gasteiger partial charge in [-0.1, -0.05) is 37.6 Å². The van der Waals surface area contributed by atoms with E-state index in [4.69, 9.17) is 36.3 Å². The van der Waals surface area contributed by atoms with Crippen LogP contribution >= 0.6 is 11.6 Å². The number of carboxylic acids is 1. The Labute approximate surface area is 274 Å². The zero-order chi connectivity index (χ0) is 33.8. The van der Waals surface area contributed by atoms with Crippen molar-refractivity contribution in [3.63, 3.8) is 0 Å². The van der Waals surface area contributed by atoms with E-state index in [2.05, 4.69) is 0 Å². The number of anilines is 1. The van der Waals surface area contributed by atoms with Gasteiger partial charge < -0.3 is 34.7 Å². The third kappa shape index (κ3) is 7.48. The minimum Gasteiger partial charge on any atom is -0.493 e. The number of aliphatic carboxylic acids is 1. The molecule has 0 bridgehead atoms. The van der Waals surface area contributed by atoms with E-state index in [1.165, 1.54) is 21.1 Å². The van der Waals surface area contributed by atoms with E-state index in [9.17, 15) is 24.3 Å². The molecule has 2 aliphatic rings. The van der Waals surface area contributed by atoms with E-state index in [0.717, 1.165) is 0 Å². The number of nitrogens with zero attached hydrogens (tertiary/aromatic N) is 1. The molecule has 0 spiro atoms. The number of hydrogen-bond donors (Lipinski definition) is 2. The van der Waals surface area contributed by atoms with Gasteiger partial charge in [-0.3, -0.25) is 19.2 Å². The van der Waals surface area contributed by atoms with Gasteiger partial charge in [0, 0.05) is 59.6 Å². The molecule has 1 aliphatic carbocycles. The van der Waals surface area contributed by atoms with Crippen LogP contribution in [-0.2, 0) is 28.7 Å². The molecule has 3 N–H and O–H groups in total. The highest BCUT2D eigenvalue weighted by Gasteiger charge is 2.45. The van der Waals surface area contributed by atoms with Crippen molar-refractivity contribution < 1.29 is 43.2 Å². The van der Waals surface area contributed by atoms with Crippen LogP contribution in [0.15, 0.2) is 36.4 Å². The second kappa shape index (κ2) is 14.4. The molecule has 0 aromatic heterocycles. The maximum absolute atomic E-state index is 14.5. The number of Topliss-reactive ketones (excluding diaryl/α,β-unsaturated/α-hetero) is 1. The van der Waals surface area contributed by atoms with E-state index in [-0.39, 0.29) is 44.7 Å². The predicted molar refractivity (Wildman–Crippen MR) is 171 cm³/mol. The molecule has 2 aromatic carbocycles. The van der Waals surface area contributed by atoms with Gasteiger partial charge >= 0.3 is 11.9 Å². The first-order chi connectivity index (χ1) is 21.8. The lowest BCUT2D eigenvalue weighted by Gasteiger charge is -2.36. The molecule has 11 nitrogen and oxygen atoms in total. The number of ether oxygens (including phenoxy) is 4. The van der Waals surface area contributed by atoms with Gasteiger partial charge in [0.2, 0.25) is 0 Å². The minimum absolute atomic E-state index is 0.00355. The van der Waals surface area contributed by atoms with Crippen molar-refractivity contribution in [1.29, 1.82) is 0 Å². The van der Waals surface area contributed by atoms with E-state index in [1.54, 1.807) is 41.3 Å². The summed E-state index contributed by atoms with van der Waals surface area (Å²) in [5.41, 5.74) is 5.78. The van der Waals surface area contributed by atoms with Crippen LogP contribution in [0.3, 0.4) is 0 Å². The van der Waals surface area contributed by atoms with E-state index in [1.807, 2.05) is 13.8 Å². The van der Waals surface area contributed by atoms with Crippen LogP contribution in [0.4, 0.5) is 5.69 Å². The molecule has 0 unspecified atom stereocenters. The van der Waals surface area contributed by atoms with Crippen LogP contribution in [0.5, 0.6) is 11.5 Å². The Balaban J connectivity index is 1.77. The molecule has 2 atom stereocenters. The number of esters is 1. The number of ketones is 1. The maximum atomic E-state index is 14.5. The summed E-state index contributed by atoms with van der Waals surface area (Å²) in [4.78, 5) is 53.4. The smallest absolute Gasteiger partial charge is 0.310 e. The van der Waals surface area contributed by atoms with Crippen LogP contribution in [0, 0.1) is 16.7 Å². The lowest BCUT2D eigenvalue weighted by Crippen LogP contribution is -2.47. The molecular formula is C34H43ClN2O9. The number of methoxy groups -OCH3 is 2. The highest BCUT2D eigenvalue weighted by atomic mass is 35.5. The van der Waals surface area contributed by atoms with Crippen LogP contribution in [0.25, 0.3) is 0 Å². The summed E-state index contributed by atoms with van der Waals surface area (Å²) in [5.74, 6) is -1.59. The lowest BCUT2D eigenvalue weighted by atomic mass is 9.69. The second-order valence-corrected chi connectivity index (χ2v) is 13.3. The summed E-state index contributed by atoms with van der Waals surface area (Å²) in [6.45, 7) is 5.27. The van der Waals surface area contributed by atoms with Gasteiger partial charge in [-0.05, 0) is 49.9 Å². The fourth-order valence-electron chi connectivity index (χ4n) is 6.35. The summed E-state index contributed by atoms with van der Waals surface area (Å²) in [5, 5.41) is 10.2. The summed E-state index contributed by atoms with van der Waals surface area (Å²) in [6.07, 6.45) is -1.05. The number of benzene rings is 2. The monoisotopic (exact) mass is 658 g/mol. The standard InChI is InChI=1S/C34H43ClN2O9/c1-20(38)45-19-33(2,3)18-37-25-10-9-22(35)15-24(25)29(23-7-6-8-27(43-4)30(23)44-5)46-28(31(37)40)16-26(39)21-11-13-34(17-36,14-12-21)32(41)42/h6-10,15,21,28-29H,11-14,16-19,36H2,1-5H3,(H,41,42)/t21?,28-,29-,34?/m1/s1. The molecule has 46 heavy (non-hydrogen) atoms. The molecule has 4 rings (SSSR count). The highest BCUT2D eigenvalue weighted by molar-refractivity contribution is 6.30. The summed E-state index contributed by atoms with van der Waals surface area (Å²) in [6, 6.07) is 10.5. The van der Waals surface area contributed by atoms with Crippen molar-refractivity contribution in [3.8, 4) is 11.5 Å². The number of fused-ring (bicyclic) bond motifs is 1. The van der Waals surface area contributed by atoms with Gasteiger partial charge in [-0.25, -0.2) is 0 Å². The van der Waals surface area contributed by atoms with E-state index < -0.39 is 46.8 Å². The first-order valence-corrected chi connectivity index (χ1v) is 15.7. The van der Waals surface area contributed by atoms with Crippen molar-refractivity contribution in [1.82, 2.24) is 0 Å². The molecule has 0 radical (unpaired) electrons. The maximum Gasteiger partial charge on any atom is 0.310 e. The van der Waals surface area contributed by atoms with Gasteiger partial charge in [0.15, 0.2) is 11.5 Å². The van der Waals surface area contributed by atoms with E-state index in [0.29, 0.717) is 46.2 Å². The molecule has 2 aromatic rings. The third-order valence-electron chi connectivity index (χ3n) is 9.00. The number of amides is 1. The molecule has 1 heterocycles. The average Bonchev–Trinajstić information content (AvgIpc) is 3.13. The van der Waals surface area contributed by atoms with Crippen molar-refractivity contribution >= 4 is 40.9 Å². The third-order valence-corrected chi connectivity index (χ3v) is 9.24. The van der Waals surface area contributed by atoms with Gasteiger partial charge in [0.05, 0.1) is 26.2 Å². The highest BCUT2D eigenvalue weighted by Crippen LogP contribution is 2.46. The average molecular weight is 659 g/mol. The van der Waals surface area contributed by atoms with Crippen molar-refractivity contribution in [2.45, 2.75) is 65.1 Å². The van der Waals surface area contributed by atoms with Crippen molar-refractivity contribution in [3.05, 3.63) is 52.5 Å². The number of hydrogen-bond acceptors (Lipinski definition) is 9. The quantitative estimate of drug-likeness (QED) is 0.299. The van der Waals surface area contributed by atoms with Crippen LogP contribution in [-0.4, -0.2) is 68.8 Å². The largest absolute Gasteiger partial charge is 0.493 e. The fraction of sp³-hybridized carbons (Fsp3) is 0.529. The molecule has 250 valence electrons. The predicted octanol–water partition coefficient (Wildman–Crippen LogP) is 4.95. The molecule has 12 heteroatoms. The number of nitrogens with two attached hydrogens (primary N) is 1. The Bertz CT molecular complexity index is 1470. The zero-order valence-corrected chi connectivity index (χ0v) is 27.7. The molecular weight excluding hydrogens is 616 g/mol. The van der Waals surface area contributed by atoms with Crippen molar-refractivity contribution in [2.75, 3.05) is 38.8 Å². The first-order valence-electron chi connectivity index (χ1n) is 15.3. The van der Waals surface area contributed by atoms with Gasteiger partial charge in [0.25, 0.3) is 5.91 Å². The number of rotatable bonds is 12. The number of carbonyl (C=O) groups excluding carboxylic acids is 3. The second-order valence-electron chi connectivity index (χ2n) is 12.9. The van der Waals surface area contributed by atoms with Gasteiger partial charge in [0.1, 0.15) is 18.0 Å². The number of carbonyl (C=O) groups is 4. The zero-order valence-electron chi connectivity index (χ0n) is 27.0. The Hall–Kier alpha value is -3.67. The van der Waals surface area contributed by atoms with Crippen molar-refractivity contribution in [2.24, 2.45) is 22.5 Å². The Morgan fingerprint density at radius 1 is 1.11 bits per heavy atom. The van der Waals surface area contributed by atoms with Gasteiger partial charge in [-0.2, -0.15) is 0 Å². The normalized spacial score (nSPS) is 23.2. The van der Waals surface area contributed by atoms with Crippen LogP contribution in [0.2, 0.25) is 5.02 Å². The SMILES string of the molecule is COc1cccc([C@H]2O[C@H](CC(=O)C3CCC(CN)(C(=O)O)CC3)C(=O)N(CC(C)(C)COC(C)=O)c3ccc(Cl)cc32)c1OC. The Kier molecular flexibility index (Phi) is 11.0. The van der Waals surface area contributed by atoms with Crippen LogP contribution in [0.1, 0.15) is 70.1 Å². The first kappa shape index (κ1) is 35.2. The molecule has 1 saturated carbocycles. The molecule has 0 saturated heterocycles. The minimum atomic E-state index is -1.20. The fourth-order valence-corrected chi connectivity index (χ4v) is 6.53. The van der Waals surface area contributed by atoms with E-state index >= 15 is 0 Å². The molecule has 1 amide bonds. The topological polar surface area (TPSA) is 155 Å². The Morgan fingerprint density at radius 3 is 2.39 bits per heavy atom. The molecule has 1 aliphatic heterocycles. The summed E-state index contributed by atoms with van der Waals surface area (Å²) < 4.78 is 23.2. The Morgan fingerprint density at radius 2 is 1.80 bits per heavy atom. The lowest BCUT2D eigenvalue weighted by molar-refractivity contribution is -0.152. The number of carboxylic acid groups (broad SMARTS) is 1. The summed E-state index contributed by atoms with van der Waals surface area (Å²) in [7, 11) is 3.03. The summed E-state index contributed by atoms with van der Waals surface area (Å²) >= 11 is 6.52. The molecule has 1 fully saturated rings. The van der Waals surface area contributed by atoms with Gasteiger partial charge in [-0.15, -0.1) is 0 Å². The number of halogens is 1. The van der Waals surface area contributed by atoms with Crippen LogP contribution < -0.4 is 20.1 Å². The number of para-hydroxylation sites is 1.